The summed E-state index contributed by atoms with van der Waals surface area (Å²) in [5, 5.41) is 5.76. The molecule has 0 bridgehead atoms. The number of methoxy groups -OCH3 is 2. The van der Waals surface area contributed by atoms with Crippen molar-refractivity contribution in [3.63, 3.8) is 0 Å². The highest BCUT2D eigenvalue weighted by molar-refractivity contribution is 7.92. The topological polar surface area (TPSA) is 216 Å². The van der Waals surface area contributed by atoms with Crippen LogP contribution in [-0.2, 0) is 20.0 Å². The summed E-state index contributed by atoms with van der Waals surface area (Å²) in [6.07, 6.45) is 0. The first kappa shape index (κ1) is 33.6. The molecule has 0 amide bonds. The van der Waals surface area contributed by atoms with E-state index in [1.165, 1.54) is 68.8 Å². The molecule has 2 heterocycles. The summed E-state index contributed by atoms with van der Waals surface area (Å²) in [6, 6.07) is 15.8. The largest absolute Gasteiger partial charge is 0.481 e. The van der Waals surface area contributed by atoms with Gasteiger partial charge in [0.15, 0.2) is 0 Å². The zero-order valence-corrected chi connectivity index (χ0v) is 25.2. The van der Waals surface area contributed by atoms with Gasteiger partial charge in [-0.05, 0) is 54.6 Å². The molecule has 0 fully saturated rings. The van der Waals surface area contributed by atoms with Crippen molar-refractivity contribution in [3.8, 4) is 11.9 Å². The van der Waals surface area contributed by atoms with Crippen molar-refractivity contribution in [2.24, 2.45) is 5.14 Å². The standard InChI is InChI=1S/C11H11ClN4O3S.C6H5Cl2NO.C6H8N2O2S/c1-19-11-14-9(12)6-10(15-11)16-20(17,18)8-4-2-7(13)3-5-8;1-10-6-3-4(7)2-5(8)9-6;7-5-1-3-6(4-2-5)11(8,9)10/h2-6H,13H2,1H3,(H,14,15,16);2-3H,1H3;1-4H,7H2,(H2,8,9,10). The van der Waals surface area contributed by atoms with Crippen LogP contribution in [0.25, 0.3) is 0 Å². The third kappa shape index (κ3) is 11.4. The molecule has 0 aliphatic carbocycles. The third-order valence-electron chi connectivity index (χ3n) is 4.44. The second kappa shape index (κ2) is 14.9. The van der Waals surface area contributed by atoms with Crippen molar-refractivity contribution < 1.29 is 26.3 Å². The van der Waals surface area contributed by atoms with Crippen molar-refractivity contribution in [2.45, 2.75) is 9.79 Å². The Bertz CT molecular complexity index is 1660. The molecule has 0 aliphatic heterocycles. The first-order valence-corrected chi connectivity index (χ1v) is 15.0. The number of nitrogens with one attached hydrogen (secondary N) is 1. The SMILES string of the molecule is COc1cc(Cl)cc(Cl)n1.COc1nc(Cl)cc(NS(=O)(=O)c2ccc(N)cc2)n1.Nc1ccc(S(N)(=O)=O)cc1. The zero-order valence-electron chi connectivity index (χ0n) is 21.3. The average molecular weight is 665 g/mol. The number of sulfonamides is 2. The summed E-state index contributed by atoms with van der Waals surface area (Å²) >= 11 is 16.9. The number of aromatic nitrogens is 3. The molecule has 18 heteroatoms. The van der Waals surface area contributed by atoms with Crippen molar-refractivity contribution in [3.05, 3.63) is 82.1 Å². The predicted octanol–water partition coefficient (Wildman–Crippen LogP) is 3.83. The Morgan fingerprint density at radius 1 is 0.707 bits per heavy atom. The summed E-state index contributed by atoms with van der Waals surface area (Å²) in [5.41, 5.74) is 11.8. The van der Waals surface area contributed by atoms with E-state index < -0.39 is 20.0 Å². The lowest BCUT2D eigenvalue weighted by atomic mass is 10.3. The van der Waals surface area contributed by atoms with Crippen LogP contribution in [0, 0.1) is 0 Å². The second-order valence-corrected chi connectivity index (χ2v) is 12.0. The van der Waals surface area contributed by atoms with Crippen molar-refractivity contribution in [1.29, 1.82) is 0 Å². The van der Waals surface area contributed by atoms with Crippen LogP contribution >= 0.6 is 34.8 Å². The molecule has 0 saturated carbocycles. The first-order valence-electron chi connectivity index (χ1n) is 10.9. The predicted molar refractivity (Wildman–Crippen MR) is 158 cm³/mol. The smallest absolute Gasteiger partial charge is 0.319 e. The quantitative estimate of drug-likeness (QED) is 0.132. The van der Waals surface area contributed by atoms with E-state index in [4.69, 9.17) is 60.9 Å². The van der Waals surface area contributed by atoms with Gasteiger partial charge in [0.2, 0.25) is 15.9 Å². The summed E-state index contributed by atoms with van der Waals surface area (Å²) in [7, 11) is -4.50. The van der Waals surface area contributed by atoms with E-state index in [9.17, 15) is 16.8 Å². The van der Waals surface area contributed by atoms with Gasteiger partial charge in [0.05, 0.1) is 24.0 Å². The molecule has 0 aliphatic rings. The number of benzene rings is 2. The van der Waals surface area contributed by atoms with Gasteiger partial charge >= 0.3 is 6.01 Å². The molecule has 0 radical (unpaired) electrons. The number of hydrogen-bond donors (Lipinski definition) is 4. The molecule has 220 valence electrons. The summed E-state index contributed by atoms with van der Waals surface area (Å²) in [4.78, 5) is 11.5. The number of nitrogens with zero attached hydrogens (tertiary/aromatic N) is 3. The number of primary sulfonamides is 1. The van der Waals surface area contributed by atoms with Crippen molar-refractivity contribution in [2.75, 3.05) is 30.4 Å². The Morgan fingerprint density at radius 2 is 1.22 bits per heavy atom. The fourth-order valence-electron chi connectivity index (χ4n) is 2.59. The van der Waals surface area contributed by atoms with E-state index in [0.29, 0.717) is 27.4 Å². The summed E-state index contributed by atoms with van der Waals surface area (Å²) in [6.45, 7) is 0. The monoisotopic (exact) mass is 663 g/mol. The lowest BCUT2D eigenvalue weighted by Crippen LogP contribution is -2.14. The lowest BCUT2D eigenvalue weighted by molar-refractivity contribution is 0.380. The van der Waals surface area contributed by atoms with Crippen LogP contribution in [0.1, 0.15) is 0 Å². The first-order chi connectivity index (χ1) is 19.1. The molecule has 0 saturated heterocycles. The minimum Gasteiger partial charge on any atom is -0.481 e. The van der Waals surface area contributed by atoms with E-state index >= 15 is 0 Å². The average Bonchev–Trinajstić information content (AvgIpc) is 2.88. The van der Waals surface area contributed by atoms with Crippen LogP contribution in [0.15, 0.2) is 76.5 Å². The van der Waals surface area contributed by atoms with Crippen molar-refractivity contribution >= 4 is 72.0 Å². The molecule has 4 rings (SSSR count). The minimum atomic E-state index is -3.78. The highest BCUT2D eigenvalue weighted by atomic mass is 35.5. The fourth-order valence-corrected chi connectivity index (χ4v) is 4.73. The molecule has 0 unspecified atom stereocenters. The maximum atomic E-state index is 12.1. The minimum absolute atomic E-state index is 0.0127. The highest BCUT2D eigenvalue weighted by Gasteiger charge is 2.16. The van der Waals surface area contributed by atoms with Gasteiger partial charge in [-0.25, -0.2) is 27.0 Å². The molecule has 7 N–H and O–H groups in total. The zero-order chi connectivity index (χ0) is 30.8. The van der Waals surface area contributed by atoms with E-state index in [-0.39, 0.29) is 26.8 Å². The normalized spacial score (nSPS) is 10.8. The van der Waals surface area contributed by atoms with Crippen LogP contribution in [0.5, 0.6) is 11.9 Å². The summed E-state index contributed by atoms with van der Waals surface area (Å²) in [5.74, 6) is 0.441. The van der Waals surface area contributed by atoms with Crippen molar-refractivity contribution in [1.82, 2.24) is 15.0 Å². The molecule has 0 atom stereocenters. The molecule has 13 nitrogen and oxygen atoms in total. The lowest BCUT2D eigenvalue weighted by Gasteiger charge is -2.08. The van der Waals surface area contributed by atoms with Gasteiger partial charge in [-0.15, -0.1) is 0 Å². The van der Waals surface area contributed by atoms with Gasteiger partial charge in [0.25, 0.3) is 10.0 Å². The molecule has 2 aromatic carbocycles. The molecular weight excluding hydrogens is 641 g/mol. The third-order valence-corrected chi connectivity index (χ3v) is 7.34. The molecule has 2 aromatic heterocycles. The highest BCUT2D eigenvalue weighted by Crippen LogP contribution is 2.21. The Morgan fingerprint density at radius 3 is 1.68 bits per heavy atom. The van der Waals surface area contributed by atoms with Gasteiger partial charge in [-0.2, -0.15) is 9.97 Å². The maximum Gasteiger partial charge on any atom is 0.319 e. The van der Waals surface area contributed by atoms with E-state index in [1.54, 1.807) is 12.1 Å². The molecule has 0 spiro atoms. The van der Waals surface area contributed by atoms with E-state index in [2.05, 4.69) is 19.7 Å². The Kier molecular flexibility index (Phi) is 12.2. The number of anilines is 3. The van der Waals surface area contributed by atoms with Crippen LogP contribution in [0.4, 0.5) is 17.2 Å². The van der Waals surface area contributed by atoms with Gasteiger partial charge < -0.3 is 20.9 Å². The summed E-state index contributed by atoms with van der Waals surface area (Å²) < 4.78 is 57.5. The number of nitrogen functional groups attached to an aromatic ring is 2. The van der Waals surface area contributed by atoms with E-state index in [1.807, 2.05) is 0 Å². The van der Waals surface area contributed by atoms with Crippen LogP contribution in [-0.4, -0.2) is 46.0 Å². The number of nitrogens with two attached hydrogens (primary N) is 3. The number of ether oxygens (including phenoxy) is 2. The number of halogens is 3. The van der Waals surface area contributed by atoms with Gasteiger partial charge in [0, 0.05) is 28.5 Å². The number of rotatable bonds is 6. The Balaban J connectivity index is 0.000000236. The van der Waals surface area contributed by atoms with Gasteiger partial charge in [-0.3, -0.25) is 4.72 Å². The van der Waals surface area contributed by atoms with Crippen LogP contribution in [0.2, 0.25) is 15.3 Å². The van der Waals surface area contributed by atoms with Gasteiger partial charge in [0.1, 0.15) is 16.1 Å². The van der Waals surface area contributed by atoms with E-state index in [0.717, 1.165) is 0 Å². The Hall–Kier alpha value is -3.60. The molecule has 41 heavy (non-hydrogen) atoms. The van der Waals surface area contributed by atoms with Gasteiger partial charge in [-0.1, -0.05) is 34.8 Å². The van der Waals surface area contributed by atoms with Crippen LogP contribution in [0.3, 0.4) is 0 Å². The molecule has 4 aromatic rings. The fraction of sp³-hybridized carbons (Fsp3) is 0.0870. The number of hydrogen-bond acceptors (Lipinski definition) is 11. The molecular formula is C23H24Cl3N7O6S2. The number of pyridine rings is 1. The maximum absolute atomic E-state index is 12.1. The Labute approximate surface area is 251 Å². The van der Waals surface area contributed by atoms with Crippen LogP contribution < -0.4 is 30.8 Å². The second-order valence-electron chi connectivity index (χ2n) is 7.50.